The average molecular weight is 435 g/mol. The molecule has 4 rings (SSSR count). The Bertz CT molecular complexity index is 1050. The van der Waals surface area contributed by atoms with Crippen molar-refractivity contribution in [2.75, 3.05) is 32.1 Å². The molecule has 166 valence electrons. The smallest absolute Gasteiger partial charge is 0.494 e. The van der Waals surface area contributed by atoms with E-state index in [2.05, 4.69) is 32.2 Å². The van der Waals surface area contributed by atoms with E-state index in [9.17, 15) is 13.2 Å². The molecule has 1 saturated heterocycles. The van der Waals surface area contributed by atoms with Crippen molar-refractivity contribution in [3.8, 4) is 22.8 Å². The molecule has 1 aliphatic rings. The molecule has 1 aromatic carbocycles. The van der Waals surface area contributed by atoms with Gasteiger partial charge in [-0.15, -0.1) is 23.4 Å². The molecule has 3 aromatic rings. The minimum Gasteiger partial charge on any atom is -0.494 e. The molecule has 0 amide bonds. The van der Waals surface area contributed by atoms with Gasteiger partial charge in [0.05, 0.1) is 12.1 Å². The first-order valence-corrected chi connectivity index (χ1v) is 10.2. The molecule has 0 bridgehead atoms. The van der Waals surface area contributed by atoms with E-state index in [0.717, 1.165) is 25.9 Å². The number of aromatic nitrogens is 3. The van der Waals surface area contributed by atoms with E-state index in [1.807, 2.05) is 0 Å². The fourth-order valence-electron chi connectivity index (χ4n) is 3.88. The van der Waals surface area contributed by atoms with Gasteiger partial charge in [0.15, 0.2) is 0 Å². The van der Waals surface area contributed by atoms with Gasteiger partial charge in [0.2, 0.25) is 5.95 Å². The van der Waals surface area contributed by atoms with Gasteiger partial charge in [-0.3, -0.25) is 4.40 Å². The van der Waals surface area contributed by atoms with E-state index in [4.69, 9.17) is 4.74 Å². The molecule has 0 aliphatic carbocycles. The van der Waals surface area contributed by atoms with Crippen LogP contribution in [0, 0.1) is 0 Å². The van der Waals surface area contributed by atoms with Gasteiger partial charge in [0.25, 0.3) is 0 Å². The predicted molar refractivity (Wildman–Crippen MR) is 110 cm³/mol. The van der Waals surface area contributed by atoms with Crippen LogP contribution in [0.2, 0.25) is 0 Å². The zero-order valence-electron chi connectivity index (χ0n) is 17.3. The number of halogens is 3. The summed E-state index contributed by atoms with van der Waals surface area (Å²) in [5.41, 5.74) is 1.09. The summed E-state index contributed by atoms with van der Waals surface area (Å²) in [6, 6.07) is 8.13. The highest BCUT2D eigenvalue weighted by Crippen LogP contribution is 2.38. The van der Waals surface area contributed by atoms with Crippen molar-refractivity contribution >= 4 is 11.5 Å². The normalized spacial score (nSPS) is 17.6. The number of fused-ring (bicyclic) bond motifs is 1. The van der Waals surface area contributed by atoms with Crippen LogP contribution in [0.3, 0.4) is 0 Å². The maximum absolute atomic E-state index is 13.0. The average Bonchev–Trinajstić information content (AvgIpc) is 3.18. The van der Waals surface area contributed by atoms with E-state index in [1.54, 1.807) is 35.7 Å². The topological polar surface area (TPSA) is 63.9 Å². The highest BCUT2D eigenvalue weighted by atomic mass is 19.4. The molecule has 0 radical (unpaired) electrons. The summed E-state index contributed by atoms with van der Waals surface area (Å²) in [4.78, 5) is 2.25. The van der Waals surface area contributed by atoms with Crippen molar-refractivity contribution in [1.82, 2.24) is 19.5 Å². The molecule has 1 fully saturated rings. The van der Waals surface area contributed by atoms with E-state index < -0.39 is 6.36 Å². The number of piperidine rings is 1. The van der Waals surface area contributed by atoms with Gasteiger partial charge in [-0.1, -0.05) is 0 Å². The van der Waals surface area contributed by atoms with Crippen LogP contribution in [0.4, 0.5) is 19.1 Å². The number of ether oxygens (including phenoxy) is 2. The molecule has 7 nitrogen and oxygen atoms in total. The molecule has 0 spiro atoms. The third-order valence-corrected chi connectivity index (χ3v) is 5.17. The van der Waals surface area contributed by atoms with Crippen LogP contribution < -0.4 is 14.8 Å². The molecule has 31 heavy (non-hydrogen) atoms. The Morgan fingerprint density at radius 1 is 1.23 bits per heavy atom. The number of benzene rings is 1. The fraction of sp³-hybridized carbons (Fsp3) is 0.429. The van der Waals surface area contributed by atoms with E-state index in [0.29, 0.717) is 23.8 Å². The molecular weight excluding hydrogens is 411 g/mol. The van der Waals surface area contributed by atoms with Crippen molar-refractivity contribution in [3.63, 3.8) is 0 Å². The van der Waals surface area contributed by atoms with Gasteiger partial charge >= 0.3 is 6.36 Å². The minimum atomic E-state index is -4.85. The molecule has 1 N–H and O–H groups in total. The second-order valence-corrected chi connectivity index (χ2v) is 7.52. The Hall–Kier alpha value is -3.01. The highest BCUT2D eigenvalue weighted by Gasteiger charge is 2.33. The Labute approximate surface area is 177 Å². The lowest BCUT2D eigenvalue weighted by Crippen LogP contribution is -2.40. The van der Waals surface area contributed by atoms with E-state index in [1.165, 1.54) is 12.1 Å². The zero-order chi connectivity index (χ0) is 22.0. The first-order valence-electron chi connectivity index (χ1n) is 10.2. The maximum Gasteiger partial charge on any atom is 0.573 e. The lowest BCUT2D eigenvalue weighted by molar-refractivity contribution is -0.274. The molecule has 2 aromatic heterocycles. The second kappa shape index (κ2) is 8.62. The zero-order valence-corrected chi connectivity index (χ0v) is 17.3. The van der Waals surface area contributed by atoms with Crippen molar-refractivity contribution in [3.05, 3.63) is 36.5 Å². The van der Waals surface area contributed by atoms with Crippen LogP contribution in [-0.2, 0) is 0 Å². The molecular formula is C21H24F3N5O2. The highest BCUT2D eigenvalue weighted by molar-refractivity contribution is 5.81. The summed E-state index contributed by atoms with van der Waals surface area (Å²) in [6.45, 7) is 4.02. The Kier molecular flexibility index (Phi) is 5.90. The summed E-state index contributed by atoms with van der Waals surface area (Å²) in [5.74, 6) is 0.448. The number of hydrogen-bond acceptors (Lipinski definition) is 6. The van der Waals surface area contributed by atoms with Gasteiger partial charge in [-0.05, 0) is 57.6 Å². The molecule has 1 aliphatic heterocycles. The number of alkyl halides is 3. The minimum absolute atomic E-state index is 0.181. The molecule has 0 saturated carbocycles. The number of hydrogen-bond donors (Lipinski definition) is 1. The lowest BCUT2D eigenvalue weighted by Gasteiger charge is -2.30. The molecule has 1 atom stereocenters. The standard InChI is InChI=1S/C21H24F3N5O2/c1-3-30-15-8-9-16(18(12-15)31-21(22,23)24)19-17-7-5-11-29(17)20(27-26-19)25-14-6-4-10-28(2)13-14/h5,7-9,11-12,14H,3-4,6,10,13H2,1-2H3,(H,25,27)/t14-/m1/s1. The number of nitrogens with one attached hydrogen (secondary N) is 1. The Morgan fingerprint density at radius 2 is 2.06 bits per heavy atom. The van der Waals surface area contributed by atoms with Crippen LogP contribution >= 0.6 is 0 Å². The second-order valence-electron chi connectivity index (χ2n) is 7.52. The van der Waals surface area contributed by atoms with Gasteiger partial charge in [0.1, 0.15) is 17.2 Å². The number of nitrogens with zero attached hydrogens (tertiary/aromatic N) is 4. The number of rotatable bonds is 6. The molecule has 10 heteroatoms. The van der Waals surface area contributed by atoms with Crippen molar-refractivity contribution < 1.29 is 22.6 Å². The van der Waals surface area contributed by atoms with Gasteiger partial charge in [-0.25, -0.2) is 0 Å². The van der Waals surface area contributed by atoms with Crippen LogP contribution in [0.5, 0.6) is 11.5 Å². The maximum atomic E-state index is 13.0. The van der Waals surface area contributed by atoms with Gasteiger partial charge < -0.3 is 19.7 Å². The third-order valence-electron chi connectivity index (χ3n) is 5.17. The third kappa shape index (κ3) is 4.84. The van der Waals surface area contributed by atoms with Crippen molar-refractivity contribution in [2.24, 2.45) is 0 Å². The number of likely N-dealkylation sites (tertiary alicyclic amines) is 1. The van der Waals surface area contributed by atoms with E-state index in [-0.39, 0.29) is 23.1 Å². The Balaban J connectivity index is 1.72. The summed E-state index contributed by atoms with van der Waals surface area (Å²) in [7, 11) is 2.07. The summed E-state index contributed by atoms with van der Waals surface area (Å²) < 4.78 is 50.6. The quantitative estimate of drug-likeness (QED) is 0.626. The number of likely N-dealkylation sites (N-methyl/N-ethyl adjacent to an activating group) is 1. The fourth-order valence-corrected chi connectivity index (χ4v) is 3.88. The lowest BCUT2D eigenvalue weighted by atomic mass is 10.1. The SMILES string of the molecule is CCOc1ccc(-c2nnc(N[C@@H]3CCCN(C)C3)n3cccc23)c(OC(F)(F)F)c1. The predicted octanol–water partition coefficient (Wildman–Crippen LogP) is 4.20. The van der Waals surface area contributed by atoms with E-state index >= 15 is 0 Å². The summed E-state index contributed by atoms with van der Waals surface area (Å²) in [5, 5.41) is 12.0. The summed E-state index contributed by atoms with van der Waals surface area (Å²) >= 11 is 0. The molecule has 0 unspecified atom stereocenters. The van der Waals surface area contributed by atoms with Crippen LogP contribution in [0.15, 0.2) is 36.5 Å². The first-order chi connectivity index (χ1) is 14.8. The first kappa shape index (κ1) is 21.2. The van der Waals surface area contributed by atoms with Crippen molar-refractivity contribution in [1.29, 1.82) is 0 Å². The van der Waals surface area contributed by atoms with Gasteiger partial charge in [0, 0.05) is 30.4 Å². The Morgan fingerprint density at radius 3 is 2.81 bits per heavy atom. The molecule has 3 heterocycles. The number of anilines is 1. The van der Waals surface area contributed by atoms with Gasteiger partial charge in [-0.2, -0.15) is 0 Å². The van der Waals surface area contributed by atoms with Crippen LogP contribution in [-0.4, -0.2) is 58.6 Å². The monoisotopic (exact) mass is 435 g/mol. The largest absolute Gasteiger partial charge is 0.573 e. The van der Waals surface area contributed by atoms with Crippen molar-refractivity contribution in [2.45, 2.75) is 32.2 Å². The van der Waals surface area contributed by atoms with Crippen LogP contribution in [0.25, 0.3) is 16.8 Å². The summed E-state index contributed by atoms with van der Waals surface area (Å²) in [6.07, 6.45) is -0.946. The van der Waals surface area contributed by atoms with Crippen LogP contribution in [0.1, 0.15) is 19.8 Å².